The van der Waals surface area contributed by atoms with Crippen LogP contribution < -0.4 is 9.64 Å². The average Bonchev–Trinajstić information content (AvgIpc) is 3.24. The van der Waals surface area contributed by atoms with E-state index in [0.717, 1.165) is 34.4 Å². The molecule has 4 nitrogen and oxygen atoms in total. The van der Waals surface area contributed by atoms with Gasteiger partial charge in [-0.25, -0.2) is 0 Å². The number of benzene rings is 1. The van der Waals surface area contributed by atoms with Crippen molar-refractivity contribution in [2.24, 2.45) is 0 Å². The maximum Gasteiger partial charge on any atom is 0.208 e. The molecule has 0 aliphatic carbocycles. The van der Waals surface area contributed by atoms with E-state index in [1.807, 2.05) is 24.3 Å². The van der Waals surface area contributed by atoms with Gasteiger partial charge in [0.1, 0.15) is 10.8 Å². The number of methoxy groups -OCH3 is 1. The van der Waals surface area contributed by atoms with Crippen molar-refractivity contribution in [3.63, 3.8) is 0 Å². The number of thiophene rings is 1. The molecule has 0 radical (unpaired) electrons. The molecular weight excluding hydrogens is 314 g/mol. The Morgan fingerprint density at radius 2 is 1.95 bits per heavy atom. The van der Waals surface area contributed by atoms with Gasteiger partial charge in [0.05, 0.1) is 7.11 Å². The number of hydrogen-bond donors (Lipinski definition) is 0. The molecule has 1 aromatic carbocycles. The largest absolute Gasteiger partial charge is 0.497 e. The highest BCUT2D eigenvalue weighted by Gasteiger charge is 2.10. The molecule has 6 heteroatoms. The van der Waals surface area contributed by atoms with Gasteiger partial charge in [0.2, 0.25) is 5.13 Å². The fraction of sp³-hybridized carbons (Fsp3) is 0.250. The molecule has 0 N–H and O–H groups in total. The van der Waals surface area contributed by atoms with Gasteiger partial charge in [-0.15, -0.1) is 21.5 Å². The van der Waals surface area contributed by atoms with E-state index in [9.17, 15) is 0 Å². The molecule has 0 aliphatic heterocycles. The fourth-order valence-corrected chi connectivity index (χ4v) is 3.58. The van der Waals surface area contributed by atoms with E-state index in [0.29, 0.717) is 0 Å². The first-order valence-corrected chi connectivity index (χ1v) is 8.67. The minimum absolute atomic E-state index is 0.849. The van der Waals surface area contributed by atoms with Crippen molar-refractivity contribution >= 4 is 27.8 Å². The first-order chi connectivity index (χ1) is 10.8. The van der Waals surface area contributed by atoms with Crippen molar-refractivity contribution in [1.82, 2.24) is 10.2 Å². The lowest BCUT2D eigenvalue weighted by atomic mass is 10.2. The van der Waals surface area contributed by atoms with Gasteiger partial charge in [0.15, 0.2) is 0 Å². The average molecular weight is 331 g/mol. The lowest BCUT2D eigenvalue weighted by Gasteiger charge is -2.13. The Bertz CT molecular complexity index is 707. The molecule has 114 valence electrons. The molecule has 0 atom stereocenters. The van der Waals surface area contributed by atoms with Crippen molar-refractivity contribution in [3.8, 4) is 16.3 Å². The molecule has 0 amide bonds. The van der Waals surface area contributed by atoms with Crippen LogP contribution in [-0.2, 0) is 6.42 Å². The van der Waals surface area contributed by atoms with Crippen molar-refractivity contribution < 1.29 is 4.74 Å². The van der Waals surface area contributed by atoms with Crippen molar-refractivity contribution in [2.45, 2.75) is 6.42 Å². The monoisotopic (exact) mass is 331 g/mol. The van der Waals surface area contributed by atoms with Gasteiger partial charge < -0.3 is 9.64 Å². The Kier molecular flexibility index (Phi) is 4.70. The first-order valence-electron chi connectivity index (χ1n) is 6.97. The van der Waals surface area contributed by atoms with Crippen LogP contribution in [-0.4, -0.2) is 30.9 Å². The number of anilines is 1. The highest BCUT2D eigenvalue weighted by atomic mass is 32.1. The second-order valence-electron chi connectivity index (χ2n) is 4.87. The normalized spacial score (nSPS) is 10.6. The summed E-state index contributed by atoms with van der Waals surface area (Å²) in [5.74, 6) is 0.849. The summed E-state index contributed by atoms with van der Waals surface area (Å²) in [5.41, 5.74) is 1.07. The maximum absolute atomic E-state index is 5.18. The number of aromatic nitrogens is 2. The molecule has 0 aliphatic rings. The zero-order valence-corrected chi connectivity index (χ0v) is 14.2. The van der Waals surface area contributed by atoms with E-state index >= 15 is 0 Å². The molecule has 0 spiro atoms. The molecule has 0 fully saturated rings. The summed E-state index contributed by atoms with van der Waals surface area (Å²) in [6.45, 7) is 0.942. The van der Waals surface area contributed by atoms with Gasteiger partial charge in [-0.05, 0) is 42.1 Å². The third kappa shape index (κ3) is 3.45. The highest BCUT2D eigenvalue weighted by molar-refractivity contribution is 7.18. The quantitative estimate of drug-likeness (QED) is 0.685. The summed E-state index contributed by atoms with van der Waals surface area (Å²) in [5, 5.41) is 12.6. The molecule has 2 aromatic heterocycles. The molecule has 0 bridgehead atoms. The van der Waals surface area contributed by atoms with E-state index in [1.54, 1.807) is 29.8 Å². The van der Waals surface area contributed by atoms with Crippen molar-refractivity contribution in [1.29, 1.82) is 0 Å². The van der Waals surface area contributed by atoms with E-state index < -0.39 is 0 Å². The predicted octanol–water partition coefficient (Wildman–Crippen LogP) is 3.95. The second kappa shape index (κ2) is 6.89. The molecule has 0 saturated heterocycles. The standard InChI is InChI=1S/C16H17N3OS2/c1-19(10-9-14-4-3-11-21-14)16-18-17-15(22-16)12-5-7-13(20-2)8-6-12/h3-8,11H,9-10H2,1-2H3. The van der Waals surface area contributed by atoms with Crippen LogP contribution in [0.5, 0.6) is 5.75 Å². The maximum atomic E-state index is 5.18. The van der Waals surface area contributed by atoms with E-state index in [2.05, 4.69) is 39.7 Å². The van der Waals surface area contributed by atoms with Crippen LogP contribution in [0.3, 0.4) is 0 Å². The van der Waals surface area contributed by atoms with Gasteiger partial charge in [-0.1, -0.05) is 17.4 Å². The topological polar surface area (TPSA) is 38.3 Å². The van der Waals surface area contributed by atoms with E-state index in [-0.39, 0.29) is 0 Å². The summed E-state index contributed by atoms with van der Waals surface area (Å²) in [6.07, 6.45) is 1.03. The summed E-state index contributed by atoms with van der Waals surface area (Å²) < 4.78 is 5.18. The highest BCUT2D eigenvalue weighted by Crippen LogP contribution is 2.29. The fourth-order valence-electron chi connectivity index (χ4n) is 2.05. The lowest BCUT2D eigenvalue weighted by Crippen LogP contribution is -2.19. The third-order valence-electron chi connectivity index (χ3n) is 3.35. The Morgan fingerprint density at radius 3 is 2.64 bits per heavy atom. The first kappa shape index (κ1) is 15.0. The Hall–Kier alpha value is -1.92. The van der Waals surface area contributed by atoms with Crippen LogP contribution >= 0.6 is 22.7 Å². The molecular formula is C16H17N3OS2. The number of hydrogen-bond acceptors (Lipinski definition) is 6. The van der Waals surface area contributed by atoms with Crippen LogP contribution in [0.15, 0.2) is 41.8 Å². The van der Waals surface area contributed by atoms with Gasteiger partial charge in [0, 0.05) is 24.0 Å². The summed E-state index contributed by atoms with van der Waals surface area (Å²) in [6, 6.07) is 12.2. The number of ether oxygens (including phenoxy) is 1. The SMILES string of the molecule is COc1ccc(-c2nnc(N(C)CCc3cccs3)s2)cc1. The molecule has 0 unspecified atom stereocenters. The van der Waals surface area contributed by atoms with Crippen LogP contribution in [0.2, 0.25) is 0 Å². The minimum Gasteiger partial charge on any atom is -0.497 e. The second-order valence-corrected chi connectivity index (χ2v) is 6.86. The van der Waals surface area contributed by atoms with E-state index in [4.69, 9.17) is 4.74 Å². The van der Waals surface area contributed by atoms with Crippen LogP contribution in [0.4, 0.5) is 5.13 Å². The van der Waals surface area contributed by atoms with Crippen molar-refractivity contribution in [2.75, 3.05) is 25.6 Å². The smallest absolute Gasteiger partial charge is 0.208 e. The molecule has 0 saturated carbocycles. The summed E-state index contributed by atoms with van der Waals surface area (Å²) in [4.78, 5) is 3.55. The van der Waals surface area contributed by atoms with Gasteiger partial charge in [-0.2, -0.15) is 0 Å². The van der Waals surface area contributed by atoms with Crippen molar-refractivity contribution in [3.05, 3.63) is 46.7 Å². The minimum atomic E-state index is 0.849. The number of likely N-dealkylation sites (N-methyl/N-ethyl adjacent to an activating group) is 1. The summed E-state index contributed by atoms with van der Waals surface area (Å²) in [7, 11) is 3.73. The van der Waals surface area contributed by atoms with Gasteiger partial charge in [0.25, 0.3) is 0 Å². The van der Waals surface area contributed by atoms with Gasteiger partial charge in [-0.3, -0.25) is 0 Å². The molecule has 2 heterocycles. The van der Waals surface area contributed by atoms with E-state index in [1.165, 1.54) is 4.88 Å². The number of rotatable bonds is 6. The summed E-state index contributed by atoms with van der Waals surface area (Å²) >= 11 is 3.41. The van der Waals surface area contributed by atoms with Crippen LogP contribution in [0.1, 0.15) is 4.88 Å². The lowest BCUT2D eigenvalue weighted by molar-refractivity contribution is 0.415. The zero-order valence-electron chi connectivity index (χ0n) is 12.5. The van der Waals surface area contributed by atoms with Gasteiger partial charge >= 0.3 is 0 Å². The predicted molar refractivity (Wildman–Crippen MR) is 93.2 cm³/mol. The molecule has 3 aromatic rings. The Labute approximate surface area is 138 Å². The number of nitrogens with zero attached hydrogens (tertiary/aromatic N) is 3. The van der Waals surface area contributed by atoms with Crippen LogP contribution in [0.25, 0.3) is 10.6 Å². The zero-order chi connectivity index (χ0) is 15.4. The Balaban J connectivity index is 1.66. The Morgan fingerprint density at radius 1 is 1.14 bits per heavy atom. The molecule has 3 rings (SSSR count). The van der Waals surface area contributed by atoms with Crippen LogP contribution in [0, 0.1) is 0 Å². The molecule has 22 heavy (non-hydrogen) atoms. The third-order valence-corrected chi connectivity index (χ3v) is 5.37.